The first-order valence-corrected chi connectivity index (χ1v) is 29.0. The summed E-state index contributed by atoms with van der Waals surface area (Å²) in [5.74, 6) is 0. The fourth-order valence-electron chi connectivity index (χ4n) is 13.9. The molecule has 12 aromatic rings. The van der Waals surface area contributed by atoms with E-state index in [-0.39, 0.29) is 0 Å². The molecule has 0 aliphatic heterocycles. The minimum Gasteiger partial charge on any atom is -0.310 e. The summed E-state index contributed by atoms with van der Waals surface area (Å²) in [6.07, 6.45) is 9.02. The van der Waals surface area contributed by atoms with Crippen LogP contribution in [0.3, 0.4) is 0 Å². The second-order valence-corrected chi connectivity index (χ2v) is 22.5. The first-order chi connectivity index (χ1) is 41.0. The lowest BCUT2D eigenvalue weighted by Crippen LogP contribution is -2.30. The molecule has 0 radical (unpaired) electrons. The third kappa shape index (κ3) is 7.92. The van der Waals surface area contributed by atoms with Gasteiger partial charge in [-0.1, -0.05) is 234 Å². The minimum atomic E-state index is -0.594. The maximum Gasteiger partial charge on any atom is 0.0991 e. The molecule has 0 heterocycles. The fraction of sp³-hybridized carbons (Fsp3) is 0.0253. The van der Waals surface area contributed by atoms with Crippen LogP contribution in [0.5, 0.6) is 0 Å². The molecular formula is C79H52BrN3. The molecule has 16 rings (SSSR count). The number of hydrogen-bond acceptors (Lipinski definition) is 3. The van der Waals surface area contributed by atoms with Crippen LogP contribution in [-0.2, 0) is 10.8 Å². The van der Waals surface area contributed by atoms with Crippen LogP contribution < -0.4 is 9.80 Å². The van der Waals surface area contributed by atoms with Crippen molar-refractivity contribution in [1.29, 1.82) is 5.26 Å². The van der Waals surface area contributed by atoms with E-state index < -0.39 is 10.8 Å². The molecule has 0 fully saturated rings. The Labute approximate surface area is 493 Å². The molecule has 2 spiro atoms. The summed E-state index contributed by atoms with van der Waals surface area (Å²) in [6, 6.07) is 107. The van der Waals surface area contributed by atoms with Gasteiger partial charge in [0.1, 0.15) is 0 Å². The molecule has 12 aromatic carbocycles. The average molecular weight is 1120 g/mol. The lowest BCUT2D eigenvalue weighted by atomic mass is 9.65. The van der Waals surface area contributed by atoms with Crippen molar-refractivity contribution in [1.82, 2.24) is 0 Å². The number of anilines is 6. The van der Waals surface area contributed by atoms with Gasteiger partial charge in [0.25, 0.3) is 0 Å². The van der Waals surface area contributed by atoms with Crippen LogP contribution >= 0.6 is 15.9 Å². The number of rotatable bonds is 6. The number of fused-ring (bicyclic) bond motifs is 18. The van der Waals surface area contributed by atoms with E-state index in [9.17, 15) is 5.26 Å². The molecule has 4 aliphatic rings. The van der Waals surface area contributed by atoms with Gasteiger partial charge in [0.05, 0.1) is 22.5 Å². The third-order valence-corrected chi connectivity index (χ3v) is 17.7. The summed E-state index contributed by atoms with van der Waals surface area (Å²) < 4.78 is 1.08. The van der Waals surface area contributed by atoms with Crippen LogP contribution in [-0.4, -0.2) is 0 Å². The Kier molecular flexibility index (Phi) is 12.2. The molecule has 0 saturated carbocycles. The molecule has 4 aliphatic carbocycles. The Morgan fingerprint density at radius 1 is 0.265 bits per heavy atom. The first-order valence-electron chi connectivity index (χ1n) is 28.2. The molecule has 0 atom stereocenters. The minimum absolute atomic E-state index is 0.472. The molecule has 3 nitrogen and oxygen atoms in total. The maximum atomic E-state index is 10.0. The zero-order valence-corrected chi connectivity index (χ0v) is 46.8. The highest BCUT2D eigenvalue weighted by Crippen LogP contribution is 2.61. The maximum absolute atomic E-state index is 10.0. The zero-order chi connectivity index (χ0) is 55.5. The summed E-state index contributed by atoms with van der Waals surface area (Å²) in [5.41, 5.74) is 26.2. The molecule has 0 bridgehead atoms. The van der Waals surface area contributed by atoms with E-state index in [2.05, 4.69) is 341 Å². The van der Waals surface area contributed by atoms with E-state index in [4.69, 9.17) is 0 Å². The van der Waals surface area contributed by atoms with E-state index in [1.807, 2.05) is 6.07 Å². The summed E-state index contributed by atoms with van der Waals surface area (Å²) in [4.78, 5) is 4.68. The summed E-state index contributed by atoms with van der Waals surface area (Å²) in [7, 11) is 0. The lowest BCUT2D eigenvalue weighted by molar-refractivity contribution is 0.765. The molecule has 0 unspecified atom stereocenters. The summed E-state index contributed by atoms with van der Waals surface area (Å²) in [6.45, 7) is 0. The number of nitriles is 1. The number of benzene rings is 12. The van der Waals surface area contributed by atoms with Gasteiger partial charge in [0.2, 0.25) is 0 Å². The van der Waals surface area contributed by atoms with Crippen molar-refractivity contribution in [2.45, 2.75) is 10.8 Å². The quantitative estimate of drug-likeness (QED) is 0.166. The van der Waals surface area contributed by atoms with Crippen molar-refractivity contribution in [2.24, 2.45) is 0 Å². The van der Waals surface area contributed by atoms with Gasteiger partial charge >= 0.3 is 0 Å². The Morgan fingerprint density at radius 3 is 0.904 bits per heavy atom. The molecule has 0 aromatic heterocycles. The van der Waals surface area contributed by atoms with Crippen molar-refractivity contribution >= 4 is 74.4 Å². The van der Waals surface area contributed by atoms with Crippen LogP contribution in [0.25, 0.3) is 46.6 Å². The molecule has 0 saturated heterocycles. The number of hydrogen-bond donors (Lipinski definition) is 0. The highest BCUT2D eigenvalue weighted by Gasteiger charge is 2.50. The number of nitrogens with zero attached hydrogens (tertiary/aromatic N) is 3. The normalized spacial score (nSPS) is 13.4. The van der Waals surface area contributed by atoms with Gasteiger partial charge < -0.3 is 9.80 Å². The highest BCUT2D eigenvalue weighted by molar-refractivity contribution is 9.10. The smallest absolute Gasteiger partial charge is 0.0991 e. The lowest BCUT2D eigenvalue weighted by Gasteiger charge is -2.36. The average Bonchev–Trinajstić information content (AvgIpc) is 2.44. The molecule has 83 heavy (non-hydrogen) atoms. The van der Waals surface area contributed by atoms with Crippen LogP contribution in [0, 0.1) is 11.3 Å². The number of para-hydroxylation sites is 4. The highest BCUT2D eigenvalue weighted by atomic mass is 79.9. The molecular weight excluding hydrogens is 1070 g/mol. The van der Waals surface area contributed by atoms with Crippen LogP contribution in [0.15, 0.2) is 296 Å². The number of halogens is 1. The van der Waals surface area contributed by atoms with Gasteiger partial charge in [-0.25, -0.2) is 0 Å². The van der Waals surface area contributed by atoms with E-state index in [0.29, 0.717) is 5.56 Å². The topological polar surface area (TPSA) is 30.3 Å². The van der Waals surface area contributed by atoms with Crippen LogP contribution in [0.2, 0.25) is 0 Å². The monoisotopic (exact) mass is 1120 g/mol. The Balaban J connectivity index is 0.000000142. The second kappa shape index (κ2) is 20.3. The van der Waals surface area contributed by atoms with Crippen molar-refractivity contribution in [3.05, 3.63) is 368 Å². The van der Waals surface area contributed by atoms with Gasteiger partial charge in [-0.15, -0.1) is 0 Å². The van der Waals surface area contributed by atoms with E-state index in [1.54, 1.807) is 0 Å². The van der Waals surface area contributed by atoms with Crippen molar-refractivity contribution in [2.75, 3.05) is 9.80 Å². The third-order valence-electron chi connectivity index (χ3n) is 17.3. The summed E-state index contributed by atoms with van der Waals surface area (Å²) in [5, 5.41) is 10.0. The van der Waals surface area contributed by atoms with Gasteiger partial charge in [-0.05, 0) is 186 Å². The predicted molar refractivity (Wildman–Crippen MR) is 347 cm³/mol. The van der Waals surface area contributed by atoms with E-state index in [1.165, 1.54) is 77.9 Å². The SMILES string of the molecule is Brc1ccc2c(c1)C1(c3cc(N(c4ccccc4)c4ccccc4)ccc3C=C2)c2ccccc2-c2ccccc21.N#Cc1ccc2c(c1)C1(c3cc(N(c4ccccc4)c4ccccc4)ccc3C=C2)c2ccccc2-c2ccccc21. The van der Waals surface area contributed by atoms with Gasteiger partial charge in [0, 0.05) is 38.6 Å². The molecule has 390 valence electrons. The van der Waals surface area contributed by atoms with Crippen molar-refractivity contribution in [3.63, 3.8) is 0 Å². The largest absolute Gasteiger partial charge is 0.310 e. The van der Waals surface area contributed by atoms with Gasteiger partial charge in [-0.2, -0.15) is 5.26 Å². The molecule has 0 N–H and O–H groups in total. The second-order valence-electron chi connectivity index (χ2n) is 21.6. The van der Waals surface area contributed by atoms with Gasteiger partial charge in [0.15, 0.2) is 0 Å². The zero-order valence-electron chi connectivity index (χ0n) is 45.2. The van der Waals surface area contributed by atoms with Crippen molar-refractivity contribution in [3.8, 4) is 28.3 Å². The van der Waals surface area contributed by atoms with Crippen LogP contribution in [0.4, 0.5) is 34.1 Å². The van der Waals surface area contributed by atoms with Crippen LogP contribution in [0.1, 0.15) is 72.3 Å². The standard InChI is InChI=1S/C40H26N2.C39H26BrN/c41-27-28-19-20-29-21-22-30-23-24-33(42(31-11-3-1-4-12-31)32-13-5-2-6-14-32)26-39(30)40(38(29)25-28)36-17-9-7-15-34(36)35-16-8-10-18-37(35)40;40-29-23-21-27-19-20-28-22-24-32(41(30-11-3-1-4-12-30)31-13-5-2-6-14-31)26-38(28)39(37(27)25-29)35-17-9-7-15-33(35)34-16-8-10-18-36(34)39/h1-26H;1-26H. The van der Waals surface area contributed by atoms with E-state index >= 15 is 0 Å². The predicted octanol–water partition coefficient (Wildman–Crippen LogP) is 20.6. The Bertz CT molecular complexity index is 4430. The Morgan fingerprint density at radius 2 is 0.554 bits per heavy atom. The summed E-state index contributed by atoms with van der Waals surface area (Å²) >= 11 is 3.83. The fourth-order valence-corrected chi connectivity index (χ4v) is 14.2. The van der Waals surface area contributed by atoms with E-state index in [0.717, 1.165) is 49.7 Å². The van der Waals surface area contributed by atoms with Crippen molar-refractivity contribution < 1.29 is 0 Å². The first kappa shape index (κ1) is 49.7. The molecule has 4 heteroatoms. The molecule has 0 amide bonds. The Hall–Kier alpha value is -10.3. The van der Waals surface area contributed by atoms with Gasteiger partial charge in [-0.3, -0.25) is 0 Å².